The second kappa shape index (κ2) is 14.0. The van der Waals surface area contributed by atoms with Crippen molar-refractivity contribution in [3.8, 4) is 0 Å². The monoisotopic (exact) mass is 691 g/mol. The van der Waals surface area contributed by atoms with Gasteiger partial charge in [0, 0.05) is 12.1 Å². The number of ether oxygens (including phenoxy) is 3. The number of allylic oxidation sites excluding steroid dienone is 1. The fourth-order valence-corrected chi connectivity index (χ4v) is 7.41. The van der Waals surface area contributed by atoms with Crippen LogP contribution >= 0.6 is 0 Å². The van der Waals surface area contributed by atoms with Crippen LogP contribution in [0, 0.1) is 0 Å². The summed E-state index contributed by atoms with van der Waals surface area (Å²) in [6, 6.07) is 17.0. The van der Waals surface area contributed by atoms with E-state index in [4.69, 9.17) is 14.2 Å². The normalized spacial score (nSPS) is 21.8. The summed E-state index contributed by atoms with van der Waals surface area (Å²) in [4.78, 5) is 68.8. The predicted octanol–water partition coefficient (Wildman–Crippen LogP) is 3.90. The first-order valence-corrected chi connectivity index (χ1v) is 17.4. The van der Waals surface area contributed by atoms with E-state index in [0.29, 0.717) is 11.1 Å². The number of β-lactam (4-membered cyclic amide) rings is 1. The number of nitrogens with zero attached hydrogens (tertiary/aromatic N) is 2. The highest BCUT2D eigenvalue weighted by molar-refractivity contribution is 7.86. The maximum atomic E-state index is 14.3. The van der Waals surface area contributed by atoms with Crippen LogP contribution in [0.2, 0.25) is 0 Å². The van der Waals surface area contributed by atoms with E-state index in [-0.39, 0.29) is 42.1 Å². The lowest BCUT2D eigenvalue weighted by Gasteiger charge is -2.49. The Labute approximate surface area is 287 Å². The van der Waals surface area contributed by atoms with Crippen LogP contribution < -0.4 is 5.32 Å². The third-order valence-corrected chi connectivity index (χ3v) is 9.37. The van der Waals surface area contributed by atoms with Crippen LogP contribution in [0.3, 0.4) is 0 Å². The van der Waals surface area contributed by atoms with E-state index in [0.717, 1.165) is 4.90 Å². The molecule has 0 aromatic heterocycles. The van der Waals surface area contributed by atoms with Crippen molar-refractivity contribution in [3.63, 3.8) is 0 Å². The van der Waals surface area contributed by atoms with Crippen LogP contribution in [0.1, 0.15) is 65.2 Å². The summed E-state index contributed by atoms with van der Waals surface area (Å²) in [7, 11) is -1.79. The third kappa shape index (κ3) is 8.27. The predicted molar refractivity (Wildman–Crippen MR) is 180 cm³/mol. The molecule has 3 aliphatic heterocycles. The molecule has 3 atom stereocenters. The molecule has 2 fully saturated rings. The van der Waals surface area contributed by atoms with Crippen LogP contribution in [-0.4, -0.2) is 85.3 Å². The van der Waals surface area contributed by atoms with Crippen LogP contribution in [-0.2, 0) is 44.2 Å². The van der Waals surface area contributed by atoms with Gasteiger partial charge in [0.2, 0.25) is 5.91 Å². The number of likely N-dealkylation sites (tertiary alicyclic amines) is 1. The molecule has 3 aliphatic rings. The van der Waals surface area contributed by atoms with Crippen LogP contribution in [0.5, 0.6) is 0 Å². The number of alkyl carbamates (subject to hydrolysis) is 1. The number of nitrogens with one attached hydrogen (secondary N) is 1. The summed E-state index contributed by atoms with van der Waals surface area (Å²) < 4.78 is 30.5. The van der Waals surface area contributed by atoms with Crippen LogP contribution in [0.4, 0.5) is 4.79 Å². The Balaban J connectivity index is 1.50. The van der Waals surface area contributed by atoms with E-state index in [1.54, 1.807) is 41.5 Å². The van der Waals surface area contributed by atoms with Crippen LogP contribution in [0.15, 0.2) is 83.6 Å². The van der Waals surface area contributed by atoms with Crippen molar-refractivity contribution in [3.05, 3.63) is 94.7 Å². The van der Waals surface area contributed by atoms with Crippen LogP contribution in [0.25, 0.3) is 0 Å². The lowest BCUT2D eigenvalue weighted by Crippen LogP contribution is -2.73. The number of esters is 2. The molecule has 0 radical (unpaired) electrons. The number of hydrogen-bond acceptors (Lipinski definition) is 9. The van der Waals surface area contributed by atoms with Crippen molar-refractivity contribution in [1.82, 2.24) is 15.1 Å². The van der Waals surface area contributed by atoms with Gasteiger partial charge in [0.15, 0.2) is 6.10 Å². The standard InChI is InChI=1S/C36H41N3O9S/c1-35(2,3)47-26(40)20-38-18-17-24(30(38)41)19-25-21-49(45)32-27(37-34(44)48-36(4,5)6)31(42)39(32)28(25)33(43)46-29(22-13-9-7-10-14-22)23-15-11-8-12-16-23/h7-16,19,27,29,32H,17-18,20-21H2,1-6H3,(H,37,44)/t27-,32-,49+/m1/s1. The van der Waals surface area contributed by atoms with Gasteiger partial charge in [0.1, 0.15) is 34.9 Å². The van der Waals surface area contributed by atoms with Gasteiger partial charge in [-0.15, -0.1) is 0 Å². The molecular weight excluding hydrogens is 650 g/mol. The zero-order valence-corrected chi connectivity index (χ0v) is 29.2. The smallest absolute Gasteiger partial charge is 0.408 e. The van der Waals surface area contributed by atoms with E-state index in [2.05, 4.69) is 5.32 Å². The Bertz CT molecular complexity index is 1690. The lowest BCUT2D eigenvalue weighted by atomic mass is 10.00. The SMILES string of the molecule is CC(C)(C)OC(=O)CN1CCC(=CC2=C(C(=O)OC(c3ccccc3)c3ccccc3)N3C(=O)[C@@H](NC(=O)OC(C)(C)C)[C@H]3[S@@](=O)C2)C1=O. The van der Waals surface area contributed by atoms with Gasteiger partial charge in [-0.2, -0.15) is 0 Å². The molecular formula is C36H41N3O9S. The van der Waals surface area contributed by atoms with E-state index < -0.39 is 69.4 Å². The lowest BCUT2D eigenvalue weighted by molar-refractivity contribution is -0.157. The minimum atomic E-state index is -1.79. The van der Waals surface area contributed by atoms with Crippen molar-refractivity contribution < 1.29 is 42.4 Å². The Hall–Kier alpha value is -4.78. The number of carbonyl (C=O) groups excluding carboxylic acids is 5. The maximum Gasteiger partial charge on any atom is 0.408 e. The minimum Gasteiger partial charge on any atom is -0.459 e. The highest BCUT2D eigenvalue weighted by atomic mass is 32.2. The second-order valence-corrected chi connectivity index (χ2v) is 15.5. The fraction of sp³-hybridized carbons (Fsp3) is 0.417. The molecule has 0 bridgehead atoms. The van der Waals surface area contributed by atoms with Gasteiger partial charge in [-0.05, 0) is 70.7 Å². The van der Waals surface area contributed by atoms with Gasteiger partial charge in [-0.25, -0.2) is 9.59 Å². The van der Waals surface area contributed by atoms with Gasteiger partial charge in [-0.3, -0.25) is 23.5 Å². The molecule has 3 amide bonds. The van der Waals surface area contributed by atoms with Crippen molar-refractivity contribution >= 4 is 40.6 Å². The number of amides is 3. The minimum absolute atomic E-state index is 0.167. The van der Waals surface area contributed by atoms with Gasteiger partial charge >= 0.3 is 18.0 Å². The van der Waals surface area contributed by atoms with E-state index in [9.17, 15) is 28.2 Å². The van der Waals surface area contributed by atoms with Gasteiger partial charge in [-0.1, -0.05) is 60.7 Å². The van der Waals surface area contributed by atoms with Crippen molar-refractivity contribution in [1.29, 1.82) is 0 Å². The molecule has 0 aliphatic carbocycles. The first-order chi connectivity index (χ1) is 23.0. The molecule has 260 valence electrons. The molecule has 5 rings (SSSR count). The zero-order chi connectivity index (χ0) is 35.7. The fourth-order valence-electron chi connectivity index (χ4n) is 5.78. The van der Waals surface area contributed by atoms with Crippen molar-refractivity contribution in [2.75, 3.05) is 18.8 Å². The van der Waals surface area contributed by atoms with Gasteiger partial charge in [0.05, 0.1) is 16.6 Å². The quantitative estimate of drug-likeness (QED) is 0.188. The molecule has 12 nitrogen and oxygen atoms in total. The second-order valence-electron chi connectivity index (χ2n) is 14.0. The molecule has 13 heteroatoms. The molecule has 1 N–H and O–H groups in total. The van der Waals surface area contributed by atoms with Gasteiger partial charge < -0.3 is 24.4 Å². The molecule has 0 spiro atoms. The average molecular weight is 692 g/mol. The molecule has 3 heterocycles. The number of hydrogen-bond donors (Lipinski definition) is 1. The number of fused-ring (bicyclic) bond motifs is 1. The summed E-state index contributed by atoms with van der Waals surface area (Å²) in [5, 5.41) is 1.43. The summed E-state index contributed by atoms with van der Waals surface area (Å²) >= 11 is 0. The summed E-state index contributed by atoms with van der Waals surface area (Å²) in [6.07, 6.45) is -0.00820. The zero-order valence-electron chi connectivity index (χ0n) is 28.4. The first kappa shape index (κ1) is 35.5. The Morgan fingerprint density at radius 1 is 0.918 bits per heavy atom. The molecule has 49 heavy (non-hydrogen) atoms. The molecule has 2 saturated heterocycles. The molecule has 2 aromatic rings. The largest absolute Gasteiger partial charge is 0.459 e. The maximum absolute atomic E-state index is 14.3. The Morgan fingerprint density at radius 3 is 2.04 bits per heavy atom. The molecule has 2 aromatic carbocycles. The van der Waals surface area contributed by atoms with E-state index in [1.807, 2.05) is 60.7 Å². The highest BCUT2D eigenvalue weighted by Gasteiger charge is 2.58. The third-order valence-electron chi connectivity index (χ3n) is 7.75. The first-order valence-electron chi connectivity index (χ1n) is 16.0. The topological polar surface area (TPSA) is 149 Å². The Kier molecular flexibility index (Phi) is 10.1. The van der Waals surface area contributed by atoms with Gasteiger partial charge in [0.25, 0.3) is 5.91 Å². The molecule has 0 saturated carbocycles. The number of carbonyl (C=O) groups is 5. The van der Waals surface area contributed by atoms with Crippen molar-refractivity contribution in [2.24, 2.45) is 0 Å². The average Bonchev–Trinajstić information content (AvgIpc) is 3.35. The Morgan fingerprint density at radius 2 is 1.49 bits per heavy atom. The summed E-state index contributed by atoms with van der Waals surface area (Å²) in [5.41, 5.74) is 0.0803. The molecule has 0 unspecified atom stereocenters. The summed E-state index contributed by atoms with van der Waals surface area (Å²) in [6.45, 7) is 10.2. The number of rotatable bonds is 8. The highest BCUT2D eigenvalue weighted by Crippen LogP contribution is 2.38. The van der Waals surface area contributed by atoms with E-state index >= 15 is 0 Å². The van der Waals surface area contributed by atoms with E-state index in [1.165, 1.54) is 11.0 Å². The summed E-state index contributed by atoms with van der Waals surface area (Å²) in [5.74, 6) is -2.74. The van der Waals surface area contributed by atoms with Crippen molar-refractivity contribution in [2.45, 2.75) is 76.7 Å². The number of benzene rings is 2.